The fourth-order valence-corrected chi connectivity index (χ4v) is 4.61. The van der Waals surface area contributed by atoms with Crippen molar-refractivity contribution in [1.29, 1.82) is 0 Å². The zero-order valence-corrected chi connectivity index (χ0v) is 17.1. The largest absolute Gasteiger partial charge is 0.497 e. The Labute approximate surface area is 176 Å². The van der Waals surface area contributed by atoms with Gasteiger partial charge in [0.2, 0.25) is 11.8 Å². The number of nitrogens with one attached hydrogen (secondary N) is 1. The van der Waals surface area contributed by atoms with E-state index >= 15 is 0 Å². The number of amides is 2. The van der Waals surface area contributed by atoms with E-state index in [0.717, 1.165) is 31.2 Å². The first-order chi connectivity index (χ1) is 14.6. The first kappa shape index (κ1) is 20.4. The van der Waals surface area contributed by atoms with Crippen molar-refractivity contribution in [3.05, 3.63) is 59.9 Å². The Balaban J connectivity index is 1.65. The lowest BCUT2D eigenvalue weighted by atomic mass is 9.90. The Kier molecular flexibility index (Phi) is 6.02. The first-order valence-corrected chi connectivity index (χ1v) is 10.6. The topological polar surface area (TPSA) is 58.6 Å². The summed E-state index contributed by atoms with van der Waals surface area (Å²) in [7, 11) is 1.59. The summed E-state index contributed by atoms with van der Waals surface area (Å²) in [5.41, 5.74) is 1.45. The van der Waals surface area contributed by atoms with E-state index in [1.807, 2.05) is 12.1 Å². The van der Waals surface area contributed by atoms with Gasteiger partial charge < -0.3 is 15.0 Å². The summed E-state index contributed by atoms with van der Waals surface area (Å²) >= 11 is 0. The molecule has 6 heteroatoms. The van der Waals surface area contributed by atoms with Crippen LogP contribution in [0.2, 0.25) is 0 Å². The molecule has 30 heavy (non-hydrogen) atoms. The molecule has 5 nitrogen and oxygen atoms in total. The molecule has 158 valence electrons. The third-order valence-corrected chi connectivity index (χ3v) is 6.17. The maximum Gasteiger partial charge on any atom is 0.228 e. The Morgan fingerprint density at radius 1 is 1.03 bits per heavy atom. The van der Waals surface area contributed by atoms with Crippen LogP contribution in [0.1, 0.15) is 50.1 Å². The standard InChI is InChI=1S/C24H27FN2O3/c1-30-20-13-11-19(12-14-20)27-22(28)15-21(23(27)16-7-9-17(25)10-8-16)24(29)26-18-5-3-2-4-6-18/h7-14,18,21,23H,2-6,15H2,1H3,(H,26,29). The molecule has 2 atom stereocenters. The van der Waals surface area contributed by atoms with Crippen LogP contribution in [0, 0.1) is 11.7 Å². The molecule has 0 radical (unpaired) electrons. The molecular weight excluding hydrogens is 383 g/mol. The van der Waals surface area contributed by atoms with Gasteiger partial charge in [0.05, 0.1) is 19.1 Å². The van der Waals surface area contributed by atoms with E-state index in [1.54, 1.807) is 36.3 Å². The number of ether oxygens (including phenoxy) is 1. The Bertz CT molecular complexity index is 892. The van der Waals surface area contributed by atoms with Crippen LogP contribution in [-0.4, -0.2) is 25.0 Å². The van der Waals surface area contributed by atoms with Crippen molar-refractivity contribution in [1.82, 2.24) is 5.32 Å². The van der Waals surface area contributed by atoms with E-state index in [2.05, 4.69) is 5.32 Å². The van der Waals surface area contributed by atoms with E-state index in [4.69, 9.17) is 4.74 Å². The maximum absolute atomic E-state index is 13.5. The van der Waals surface area contributed by atoms with Gasteiger partial charge in [-0.25, -0.2) is 4.39 Å². The molecule has 2 amide bonds. The summed E-state index contributed by atoms with van der Waals surface area (Å²) < 4.78 is 18.8. The van der Waals surface area contributed by atoms with E-state index in [-0.39, 0.29) is 30.1 Å². The lowest BCUT2D eigenvalue weighted by Gasteiger charge is -2.30. The molecule has 1 saturated carbocycles. The van der Waals surface area contributed by atoms with Crippen LogP contribution in [0.15, 0.2) is 48.5 Å². The van der Waals surface area contributed by atoms with E-state index < -0.39 is 12.0 Å². The normalized spacial score (nSPS) is 22.2. The van der Waals surface area contributed by atoms with Gasteiger partial charge in [-0.1, -0.05) is 31.4 Å². The minimum absolute atomic E-state index is 0.0967. The van der Waals surface area contributed by atoms with Gasteiger partial charge in [0.1, 0.15) is 11.6 Å². The molecule has 1 heterocycles. The van der Waals surface area contributed by atoms with Crippen molar-refractivity contribution >= 4 is 17.5 Å². The molecule has 4 rings (SSSR count). The predicted molar refractivity (Wildman–Crippen MR) is 113 cm³/mol. The average molecular weight is 410 g/mol. The fourth-order valence-electron chi connectivity index (χ4n) is 4.61. The third kappa shape index (κ3) is 4.18. The SMILES string of the molecule is COc1ccc(N2C(=O)CC(C(=O)NC3CCCCC3)C2c2ccc(F)cc2)cc1. The first-order valence-electron chi connectivity index (χ1n) is 10.6. The molecule has 0 aromatic heterocycles. The highest BCUT2D eigenvalue weighted by Gasteiger charge is 2.45. The number of anilines is 1. The maximum atomic E-state index is 13.5. The minimum atomic E-state index is -0.521. The number of methoxy groups -OCH3 is 1. The van der Waals surface area contributed by atoms with Gasteiger partial charge in [-0.3, -0.25) is 9.59 Å². The van der Waals surface area contributed by atoms with Gasteiger partial charge in [0.15, 0.2) is 0 Å². The second-order valence-corrected chi connectivity index (χ2v) is 8.11. The van der Waals surface area contributed by atoms with Crippen molar-refractivity contribution < 1.29 is 18.7 Å². The molecule has 2 aromatic rings. The molecular formula is C24H27FN2O3. The van der Waals surface area contributed by atoms with Gasteiger partial charge in [0.25, 0.3) is 0 Å². The molecule has 2 unspecified atom stereocenters. The van der Waals surface area contributed by atoms with Crippen LogP contribution in [0.25, 0.3) is 0 Å². The van der Waals surface area contributed by atoms with Crippen molar-refractivity contribution in [2.75, 3.05) is 12.0 Å². The van der Waals surface area contributed by atoms with E-state index in [0.29, 0.717) is 11.4 Å². The highest BCUT2D eigenvalue weighted by atomic mass is 19.1. The molecule has 1 N–H and O–H groups in total. The monoisotopic (exact) mass is 410 g/mol. The van der Waals surface area contributed by atoms with Crippen molar-refractivity contribution in [3.8, 4) is 5.75 Å². The number of halogens is 1. The lowest BCUT2D eigenvalue weighted by molar-refractivity contribution is -0.127. The van der Waals surface area contributed by atoms with Crippen LogP contribution in [0.4, 0.5) is 10.1 Å². The Hall–Kier alpha value is -2.89. The lowest BCUT2D eigenvalue weighted by Crippen LogP contribution is -2.41. The summed E-state index contributed by atoms with van der Waals surface area (Å²) in [6, 6.07) is 13.0. The molecule has 2 aromatic carbocycles. The number of nitrogens with zero attached hydrogens (tertiary/aromatic N) is 1. The fraction of sp³-hybridized carbons (Fsp3) is 0.417. The molecule has 1 saturated heterocycles. The van der Waals surface area contributed by atoms with Crippen LogP contribution in [0.5, 0.6) is 5.75 Å². The summed E-state index contributed by atoms with van der Waals surface area (Å²) in [6.07, 6.45) is 5.54. The van der Waals surface area contributed by atoms with Crippen LogP contribution < -0.4 is 15.0 Å². The third-order valence-electron chi connectivity index (χ3n) is 6.17. The van der Waals surface area contributed by atoms with Gasteiger partial charge in [0, 0.05) is 18.2 Å². The highest BCUT2D eigenvalue weighted by molar-refractivity contribution is 6.01. The minimum Gasteiger partial charge on any atom is -0.497 e. The smallest absolute Gasteiger partial charge is 0.228 e. The number of benzene rings is 2. The zero-order valence-electron chi connectivity index (χ0n) is 17.1. The number of carbonyl (C=O) groups is 2. The molecule has 2 aliphatic rings. The average Bonchev–Trinajstić information content (AvgIpc) is 3.12. The predicted octanol–water partition coefficient (Wildman–Crippen LogP) is 4.38. The zero-order chi connectivity index (χ0) is 21.1. The summed E-state index contributed by atoms with van der Waals surface area (Å²) in [4.78, 5) is 27.9. The van der Waals surface area contributed by atoms with Crippen LogP contribution in [0.3, 0.4) is 0 Å². The quantitative estimate of drug-likeness (QED) is 0.796. The number of carbonyl (C=O) groups excluding carboxylic acids is 2. The van der Waals surface area contributed by atoms with Crippen molar-refractivity contribution in [2.24, 2.45) is 5.92 Å². The second kappa shape index (κ2) is 8.86. The number of hydrogen-bond donors (Lipinski definition) is 1. The number of hydrogen-bond acceptors (Lipinski definition) is 3. The van der Waals surface area contributed by atoms with Crippen molar-refractivity contribution in [2.45, 2.75) is 50.6 Å². The van der Waals surface area contributed by atoms with Gasteiger partial charge >= 0.3 is 0 Å². The van der Waals surface area contributed by atoms with Crippen molar-refractivity contribution in [3.63, 3.8) is 0 Å². The molecule has 1 aliphatic heterocycles. The summed E-state index contributed by atoms with van der Waals surface area (Å²) in [6.45, 7) is 0. The number of rotatable bonds is 5. The van der Waals surface area contributed by atoms with E-state index in [1.165, 1.54) is 18.6 Å². The summed E-state index contributed by atoms with van der Waals surface area (Å²) in [5, 5.41) is 3.17. The highest BCUT2D eigenvalue weighted by Crippen LogP contribution is 2.42. The van der Waals surface area contributed by atoms with E-state index in [9.17, 15) is 14.0 Å². The Morgan fingerprint density at radius 2 is 1.70 bits per heavy atom. The molecule has 2 fully saturated rings. The Morgan fingerprint density at radius 3 is 2.33 bits per heavy atom. The molecule has 0 bridgehead atoms. The van der Waals surface area contributed by atoms with Gasteiger partial charge in [-0.05, 0) is 54.8 Å². The van der Waals surface area contributed by atoms with Gasteiger partial charge in [-0.2, -0.15) is 0 Å². The molecule has 0 spiro atoms. The van der Waals surface area contributed by atoms with Gasteiger partial charge in [-0.15, -0.1) is 0 Å². The van der Waals surface area contributed by atoms with Crippen LogP contribution in [-0.2, 0) is 9.59 Å². The summed E-state index contributed by atoms with van der Waals surface area (Å²) in [5.74, 6) is -0.386. The van der Waals surface area contributed by atoms with Crippen LogP contribution >= 0.6 is 0 Å². The second-order valence-electron chi connectivity index (χ2n) is 8.11. The molecule has 1 aliphatic carbocycles.